The maximum atomic E-state index is 13.7. The molecule has 1 N–H and O–H groups in total. The van der Waals surface area contributed by atoms with Crippen LogP contribution in [0.2, 0.25) is 5.02 Å². The average Bonchev–Trinajstić information content (AvgIpc) is 3.64. The molecular weight excluding hydrogens is 581 g/mol. The number of aromatic carboxylic acids is 1. The molecule has 1 fully saturated rings. The summed E-state index contributed by atoms with van der Waals surface area (Å²) in [5.41, 5.74) is 4.00. The van der Waals surface area contributed by atoms with Crippen molar-refractivity contribution in [2.24, 2.45) is 5.92 Å². The van der Waals surface area contributed by atoms with E-state index in [1.165, 1.54) is 23.0 Å². The summed E-state index contributed by atoms with van der Waals surface area (Å²) in [6, 6.07) is 11.5. The van der Waals surface area contributed by atoms with E-state index in [-0.39, 0.29) is 12.7 Å². The number of furan rings is 1. The molecule has 0 saturated carbocycles. The van der Waals surface area contributed by atoms with Crippen molar-refractivity contribution in [2.75, 3.05) is 6.61 Å². The maximum Gasteiger partial charge on any atom is 0.346 e. The minimum atomic E-state index is -0.922. The minimum absolute atomic E-state index is 0.152. The molecule has 4 aromatic heterocycles. The minimum Gasteiger partial charge on any atom is -0.477 e. The number of fused-ring (bicyclic) bond motifs is 2. The molecule has 5 aromatic rings. The Labute approximate surface area is 249 Å². The number of nitrogens with zero attached hydrogens (tertiary/aromatic N) is 3. The van der Waals surface area contributed by atoms with Crippen molar-refractivity contribution in [2.45, 2.75) is 51.4 Å². The number of allylic oxidation sites excluding steroid dienone is 2. The van der Waals surface area contributed by atoms with Crippen LogP contribution in [0, 0.1) is 11.9 Å². The second kappa shape index (κ2) is 11.2. The highest BCUT2D eigenvalue weighted by molar-refractivity contribution is 7.20. The van der Waals surface area contributed by atoms with Gasteiger partial charge in [0.25, 0.3) is 6.01 Å². The Morgan fingerprint density at radius 3 is 2.86 bits per heavy atom. The number of hydrogen-bond acceptors (Lipinski definition) is 7. The number of carboxylic acids is 1. The van der Waals surface area contributed by atoms with Gasteiger partial charge in [-0.3, -0.25) is 0 Å². The van der Waals surface area contributed by atoms with E-state index in [0.717, 1.165) is 60.6 Å². The van der Waals surface area contributed by atoms with Crippen LogP contribution in [0.15, 0.2) is 53.0 Å². The van der Waals surface area contributed by atoms with Crippen LogP contribution in [0.3, 0.4) is 0 Å². The van der Waals surface area contributed by atoms with E-state index in [9.17, 15) is 14.3 Å². The van der Waals surface area contributed by atoms with Crippen molar-refractivity contribution in [1.29, 1.82) is 0 Å². The van der Waals surface area contributed by atoms with Crippen molar-refractivity contribution in [3.05, 3.63) is 81.5 Å². The van der Waals surface area contributed by atoms with Crippen molar-refractivity contribution in [1.82, 2.24) is 14.5 Å². The van der Waals surface area contributed by atoms with Gasteiger partial charge in [-0.25, -0.2) is 14.8 Å². The molecule has 2 atom stereocenters. The van der Waals surface area contributed by atoms with Crippen LogP contribution in [0.4, 0.5) is 4.39 Å². The van der Waals surface area contributed by atoms with Gasteiger partial charge in [0.1, 0.15) is 27.7 Å². The van der Waals surface area contributed by atoms with Crippen LogP contribution in [0.25, 0.3) is 26.9 Å². The quantitative estimate of drug-likeness (QED) is 0.185. The molecule has 1 saturated heterocycles. The Balaban J connectivity index is 1.04. The van der Waals surface area contributed by atoms with E-state index in [2.05, 4.69) is 10.6 Å². The summed E-state index contributed by atoms with van der Waals surface area (Å²) >= 11 is 7.40. The zero-order valence-corrected chi connectivity index (χ0v) is 24.1. The lowest BCUT2D eigenvalue weighted by atomic mass is 9.86. The number of carboxylic acid groups (broad SMARTS) is 1. The SMILES string of the molecule is O=C(O)c1cc2c(nc(CC3CC=C(c4cccc(OCc5ccc(Cl)c6cc(F)oc56)n4)CC3)n2C[C@@H]2CCO2)s1. The van der Waals surface area contributed by atoms with Gasteiger partial charge in [0.15, 0.2) is 0 Å². The lowest BCUT2D eigenvalue weighted by Crippen LogP contribution is -2.32. The number of rotatable bonds is 9. The molecule has 5 heterocycles. The molecule has 216 valence electrons. The Kier molecular flexibility index (Phi) is 7.21. The second-order valence-corrected chi connectivity index (χ2v) is 12.2. The Bertz CT molecular complexity index is 1840. The van der Waals surface area contributed by atoms with E-state index in [1.807, 2.05) is 12.1 Å². The molecule has 1 aliphatic heterocycles. The Morgan fingerprint density at radius 1 is 1.21 bits per heavy atom. The number of pyridine rings is 1. The highest BCUT2D eigenvalue weighted by Gasteiger charge is 2.26. The van der Waals surface area contributed by atoms with Crippen LogP contribution < -0.4 is 4.74 Å². The van der Waals surface area contributed by atoms with Gasteiger partial charge >= 0.3 is 5.97 Å². The van der Waals surface area contributed by atoms with Crippen molar-refractivity contribution < 1.29 is 28.2 Å². The predicted octanol–water partition coefficient (Wildman–Crippen LogP) is 7.52. The number of imidazole rings is 1. The van der Waals surface area contributed by atoms with E-state index >= 15 is 0 Å². The van der Waals surface area contributed by atoms with E-state index < -0.39 is 12.0 Å². The third kappa shape index (κ3) is 5.30. The Morgan fingerprint density at radius 2 is 2.10 bits per heavy atom. The first-order valence-corrected chi connectivity index (χ1v) is 15.1. The van der Waals surface area contributed by atoms with Crippen molar-refractivity contribution in [3.63, 3.8) is 0 Å². The fourth-order valence-corrected chi connectivity index (χ4v) is 6.77. The number of aromatic nitrogens is 3. The smallest absolute Gasteiger partial charge is 0.346 e. The van der Waals surface area contributed by atoms with Gasteiger partial charge in [-0.15, -0.1) is 11.3 Å². The fourth-order valence-electron chi connectivity index (χ4n) is 5.68. The first-order valence-electron chi connectivity index (χ1n) is 13.9. The van der Waals surface area contributed by atoms with Gasteiger partial charge in [0.05, 0.1) is 28.9 Å². The molecule has 11 heteroatoms. The molecule has 1 aliphatic carbocycles. The van der Waals surface area contributed by atoms with Crippen LogP contribution in [0.5, 0.6) is 5.88 Å². The summed E-state index contributed by atoms with van der Waals surface area (Å²) in [4.78, 5) is 22.2. The van der Waals surface area contributed by atoms with E-state index in [4.69, 9.17) is 35.5 Å². The average molecular weight is 608 g/mol. The van der Waals surface area contributed by atoms with Gasteiger partial charge in [-0.1, -0.05) is 29.8 Å². The third-order valence-corrected chi connectivity index (χ3v) is 9.35. The lowest BCUT2D eigenvalue weighted by molar-refractivity contribution is -0.0590. The number of benzene rings is 1. The van der Waals surface area contributed by atoms with Crippen molar-refractivity contribution >= 4 is 55.8 Å². The molecule has 0 radical (unpaired) electrons. The molecule has 42 heavy (non-hydrogen) atoms. The molecular formula is C31H27ClFN3O5S. The first kappa shape index (κ1) is 27.1. The van der Waals surface area contributed by atoms with Gasteiger partial charge in [0, 0.05) is 36.1 Å². The normalized spacial score (nSPS) is 18.8. The van der Waals surface area contributed by atoms with E-state index in [1.54, 1.807) is 24.3 Å². The molecule has 0 spiro atoms. The summed E-state index contributed by atoms with van der Waals surface area (Å²) in [5.74, 6) is 0.971. The summed E-state index contributed by atoms with van der Waals surface area (Å²) in [6.45, 7) is 1.64. The van der Waals surface area contributed by atoms with Gasteiger partial charge in [-0.05, 0) is 55.4 Å². The van der Waals surface area contributed by atoms with Crippen LogP contribution in [-0.2, 0) is 24.3 Å². The van der Waals surface area contributed by atoms with Crippen LogP contribution >= 0.6 is 22.9 Å². The molecule has 0 bridgehead atoms. The van der Waals surface area contributed by atoms with Gasteiger partial charge < -0.3 is 23.6 Å². The largest absolute Gasteiger partial charge is 0.477 e. The fraction of sp³-hybridized carbons (Fsp3) is 0.323. The standard InChI is InChI=1S/C31H27ClFN3O5S/c32-22-9-8-19(29-21(22)13-26(33)41-29)16-40-28-3-1-2-23(34-28)18-6-4-17(5-7-18)12-27-35-30-24(14-25(42-30)31(37)38)36(27)15-20-10-11-39-20/h1-3,6,8-9,13-14,17,20H,4-5,7,10-12,15-16H2,(H,37,38)/t17?,20-/m0/s1. The zero-order chi connectivity index (χ0) is 28.8. The van der Waals surface area contributed by atoms with Gasteiger partial charge in [-0.2, -0.15) is 4.39 Å². The third-order valence-electron chi connectivity index (χ3n) is 8.02. The molecule has 7 rings (SSSR count). The first-order chi connectivity index (χ1) is 20.4. The number of ether oxygens (including phenoxy) is 2. The zero-order valence-electron chi connectivity index (χ0n) is 22.5. The van der Waals surface area contributed by atoms with E-state index in [0.29, 0.717) is 44.8 Å². The summed E-state index contributed by atoms with van der Waals surface area (Å²) in [6.07, 6.45) is 7.00. The molecule has 0 amide bonds. The molecule has 1 aromatic carbocycles. The number of hydrogen-bond donors (Lipinski definition) is 1. The predicted molar refractivity (Wildman–Crippen MR) is 158 cm³/mol. The number of thiophene rings is 1. The van der Waals surface area contributed by atoms with Gasteiger partial charge in [0.2, 0.25) is 5.88 Å². The highest BCUT2D eigenvalue weighted by atomic mass is 35.5. The number of carbonyl (C=O) groups is 1. The monoisotopic (exact) mass is 607 g/mol. The summed E-state index contributed by atoms with van der Waals surface area (Å²) in [7, 11) is 0. The maximum absolute atomic E-state index is 13.7. The second-order valence-electron chi connectivity index (χ2n) is 10.7. The summed E-state index contributed by atoms with van der Waals surface area (Å²) < 4.78 is 32.7. The molecule has 8 nitrogen and oxygen atoms in total. The van der Waals surface area contributed by atoms with Crippen LogP contribution in [-0.4, -0.2) is 38.3 Å². The number of halogens is 2. The lowest BCUT2D eigenvalue weighted by Gasteiger charge is -2.28. The topological polar surface area (TPSA) is 99.6 Å². The molecule has 2 aliphatic rings. The highest BCUT2D eigenvalue weighted by Crippen LogP contribution is 2.35. The Hall–Kier alpha value is -3.73. The van der Waals surface area contributed by atoms with Crippen LogP contribution in [0.1, 0.15) is 52.4 Å². The summed E-state index contributed by atoms with van der Waals surface area (Å²) in [5, 5.41) is 10.4. The molecule has 1 unspecified atom stereocenters. The van der Waals surface area contributed by atoms with Crippen molar-refractivity contribution in [3.8, 4) is 5.88 Å².